The van der Waals surface area contributed by atoms with E-state index in [0.29, 0.717) is 22.9 Å². The largest absolute Gasteiger partial charge is 0.479 e. The molecule has 0 unspecified atom stereocenters. The van der Waals surface area contributed by atoms with Crippen molar-refractivity contribution in [1.82, 2.24) is 5.16 Å². The van der Waals surface area contributed by atoms with Crippen LogP contribution in [0, 0.1) is 0 Å². The summed E-state index contributed by atoms with van der Waals surface area (Å²) in [6.07, 6.45) is 4.07. The zero-order valence-electron chi connectivity index (χ0n) is 16.5. The van der Waals surface area contributed by atoms with Crippen molar-refractivity contribution in [3.05, 3.63) is 59.3 Å². The van der Waals surface area contributed by atoms with Crippen molar-refractivity contribution in [3.8, 4) is 17.1 Å². The molecule has 2 aromatic carbocycles. The first-order valence-electron chi connectivity index (χ1n) is 10.1. The Morgan fingerprint density at radius 3 is 2.80 bits per heavy atom. The molecule has 2 heterocycles. The molecule has 2 amide bonds. The van der Waals surface area contributed by atoms with Crippen molar-refractivity contribution >= 4 is 23.2 Å². The maximum atomic E-state index is 12.6. The summed E-state index contributed by atoms with van der Waals surface area (Å²) in [7, 11) is 0. The first-order valence-corrected chi connectivity index (χ1v) is 10.1. The summed E-state index contributed by atoms with van der Waals surface area (Å²) in [5, 5.41) is 9.47. The Hall–Kier alpha value is -3.61. The quantitative estimate of drug-likeness (QED) is 0.684. The number of ether oxygens (including phenoxy) is 1. The monoisotopic (exact) mass is 403 g/mol. The second-order valence-electron chi connectivity index (χ2n) is 7.68. The zero-order chi connectivity index (χ0) is 20.7. The Morgan fingerprint density at radius 1 is 1.10 bits per heavy atom. The Bertz CT molecular complexity index is 1150. The summed E-state index contributed by atoms with van der Waals surface area (Å²) >= 11 is 0. The van der Waals surface area contributed by atoms with Gasteiger partial charge in [0.1, 0.15) is 5.75 Å². The molecule has 5 rings (SSSR count). The number of benzene rings is 2. The van der Waals surface area contributed by atoms with Crippen molar-refractivity contribution in [2.45, 2.75) is 38.7 Å². The van der Waals surface area contributed by atoms with Crippen LogP contribution >= 0.6 is 0 Å². The minimum atomic E-state index is -0.546. The van der Waals surface area contributed by atoms with Crippen molar-refractivity contribution in [3.63, 3.8) is 0 Å². The van der Waals surface area contributed by atoms with E-state index >= 15 is 0 Å². The summed E-state index contributed by atoms with van der Waals surface area (Å²) < 4.78 is 11.0. The van der Waals surface area contributed by atoms with Crippen molar-refractivity contribution < 1.29 is 18.8 Å². The smallest absolute Gasteiger partial charge is 0.277 e. The maximum Gasteiger partial charge on any atom is 0.277 e. The van der Waals surface area contributed by atoms with Gasteiger partial charge < -0.3 is 19.9 Å². The first kappa shape index (κ1) is 18.4. The molecule has 0 fully saturated rings. The van der Waals surface area contributed by atoms with Gasteiger partial charge in [0, 0.05) is 17.3 Å². The van der Waals surface area contributed by atoms with Gasteiger partial charge in [-0.2, -0.15) is 0 Å². The van der Waals surface area contributed by atoms with E-state index in [4.69, 9.17) is 9.26 Å². The molecule has 0 bridgehead atoms. The number of hydrogen-bond donors (Lipinski definition) is 2. The molecule has 1 aliphatic heterocycles. The van der Waals surface area contributed by atoms with Gasteiger partial charge in [-0.3, -0.25) is 9.59 Å². The molecular weight excluding hydrogens is 382 g/mol. The van der Waals surface area contributed by atoms with Crippen LogP contribution < -0.4 is 15.4 Å². The SMILES string of the molecule is C[C@@H]1Oc2ccc(NC(=O)c3cc(-c4ccc5c(c4)CCCC5)on3)cc2NC1=O. The first-order chi connectivity index (χ1) is 14.6. The molecule has 0 spiro atoms. The van der Waals surface area contributed by atoms with Crippen molar-refractivity contribution in [1.29, 1.82) is 0 Å². The topological polar surface area (TPSA) is 93.5 Å². The Kier molecular flexibility index (Phi) is 4.50. The molecule has 3 aromatic rings. The predicted octanol–water partition coefficient (Wildman–Crippen LogP) is 4.19. The zero-order valence-corrected chi connectivity index (χ0v) is 16.5. The van der Waals surface area contributed by atoms with E-state index < -0.39 is 6.10 Å². The fraction of sp³-hybridized carbons (Fsp3) is 0.261. The summed E-state index contributed by atoms with van der Waals surface area (Å²) in [5.41, 5.74) is 4.88. The minimum Gasteiger partial charge on any atom is -0.479 e. The molecule has 30 heavy (non-hydrogen) atoms. The van der Waals surface area contributed by atoms with E-state index in [-0.39, 0.29) is 17.5 Å². The number of aryl methyl sites for hydroxylation is 2. The van der Waals surface area contributed by atoms with Gasteiger partial charge in [0.15, 0.2) is 17.6 Å². The molecule has 0 saturated heterocycles. The van der Waals surface area contributed by atoms with Gasteiger partial charge in [-0.25, -0.2) is 0 Å². The Labute approximate surface area is 173 Å². The van der Waals surface area contributed by atoms with Crippen molar-refractivity contribution in [2.24, 2.45) is 0 Å². The highest BCUT2D eigenvalue weighted by Gasteiger charge is 2.24. The van der Waals surface area contributed by atoms with Crippen LogP contribution in [0.25, 0.3) is 11.3 Å². The number of aromatic nitrogens is 1. The number of rotatable bonds is 3. The molecule has 1 atom stereocenters. The highest BCUT2D eigenvalue weighted by molar-refractivity contribution is 6.04. The number of fused-ring (bicyclic) bond motifs is 2. The van der Waals surface area contributed by atoms with Crippen LogP contribution in [0.3, 0.4) is 0 Å². The van der Waals surface area contributed by atoms with E-state index in [0.717, 1.165) is 18.4 Å². The van der Waals surface area contributed by atoms with Gasteiger partial charge >= 0.3 is 0 Å². The third-order valence-corrected chi connectivity index (χ3v) is 5.54. The summed E-state index contributed by atoms with van der Waals surface area (Å²) in [6.45, 7) is 1.68. The number of carbonyl (C=O) groups excluding carboxylic acids is 2. The third-order valence-electron chi connectivity index (χ3n) is 5.54. The van der Waals surface area contributed by atoms with E-state index in [1.54, 1.807) is 31.2 Å². The molecule has 2 aliphatic rings. The van der Waals surface area contributed by atoms with Crippen molar-refractivity contribution in [2.75, 3.05) is 10.6 Å². The Balaban J connectivity index is 1.33. The van der Waals surface area contributed by atoms with Crippen LogP contribution in [0.2, 0.25) is 0 Å². The van der Waals surface area contributed by atoms with Gasteiger partial charge in [0.05, 0.1) is 5.69 Å². The predicted molar refractivity (Wildman–Crippen MR) is 112 cm³/mol. The normalized spacial score (nSPS) is 17.4. The van der Waals surface area contributed by atoms with Crippen LogP contribution in [0.5, 0.6) is 5.75 Å². The summed E-state index contributed by atoms with van der Waals surface area (Å²) in [6, 6.07) is 13.0. The van der Waals surface area contributed by atoms with E-state index in [1.165, 1.54) is 24.0 Å². The second-order valence-corrected chi connectivity index (χ2v) is 7.68. The van der Waals surface area contributed by atoms with Gasteiger partial charge in [-0.15, -0.1) is 0 Å². The van der Waals surface area contributed by atoms with E-state index in [9.17, 15) is 9.59 Å². The molecule has 152 valence electrons. The van der Waals surface area contributed by atoms with Crippen LogP contribution in [-0.2, 0) is 17.6 Å². The van der Waals surface area contributed by atoms with Crippen LogP contribution in [-0.4, -0.2) is 23.1 Å². The lowest BCUT2D eigenvalue weighted by molar-refractivity contribution is -0.122. The molecule has 0 radical (unpaired) electrons. The highest BCUT2D eigenvalue weighted by Crippen LogP contribution is 2.32. The van der Waals surface area contributed by atoms with E-state index in [2.05, 4.69) is 27.9 Å². The standard InChI is InChI=1S/C23H21N3O4/c1-13-22(27)25-18-11-17(8-9-20(18)29-13)24-23(28)19-12-21(30-26-19)16-7-6-14-4-2-3-5-15(14)10-16/h6-13H,2-5H2,1H3,(H,24,28)(H,25,27)/t13-/m0/s1. The average Bonchev–Trinajstić information content (AvgIpc) is 3.25. The molecule has 1 aliphatic carbocycles. The summed E-state index contributed by atoms with van der Waals surface area (Å²) in [4.78, 5) is 24.4. The fourth-order valence-corrected chi connectivity index (χ4v) is 3.89. The summed E-state index contributed by atoms with van der Waals surface area (Å²) in [5.74, 6) is 0.515. The van der Waals surface area contributed by atoms with Crippen LogP contribution in [0.1, 0.15) is 41.4 Å². The molecule has 2 N–H and O–H groups in total. The number of nitrogens with one attached hydrogen (secondary N) is 2. The molecule has 7 nitrogen and oxygen atoms in total. The van der Waals surface area contributed by atoms with Gasteiger partial charge in [-0.1, -0.05) is 17.3 Å². The third kappa shape index (κ3) is 3.43. The average molecular weight is 403 g/mol. The number of anilines is 2. The lowest BCUT2D eigenvalue weighted by Crippen LogP contribution is -2.34. The molecule has 0 saturated carbocycles. The fourth-order valence-electron chi connectivity index (χ4n) is 3.89. The Morgan fingerprint density at radius 2 is 1.93 bits per heavy atom. The second kappa shape index (κ2) is 7.33. The van der Waals surface area contributed by atoms with Crippen LogP contribution in [0.15, 0.2) is 47.0 Å². The number of amides is 2. The van der Waals surface area contributed by atoms with Crippen LogP contribution in [0.4, 0.5) is 11.4 Å². The van der Waals surface area contributed by atoms with Gasteiger partial charge in [0.2, 0.25) is 0 Å². The highest BCUT2D eigenvalue weighted by atomic mass is 16.5. The molecule has 1 aromatic heterocycles. The lowest BCUT2D eigenvalue weighted by Gasteiger charge is -2.23. The van der Waals surface area contributed by atoms with Gasteiger partial charge in [-0.05, 0) is 68.0 Å². The maximum absolute atomic E-state index is 12.6. The number of hydrogen-bond acceptors (Lipinski definition) is 5. The molecule has 7 heteroatoms. The lowest BCUT2D eigenvalue weighted by atomic mass is 9.90. The number of nitrogens with zero attached hydrogens (tertiary/aromatic N) is 1. The van der Waals surface area contributed by atoms with E-state index in [1.807, 2.05) is 6.07 Å². The number of carbonyl (C=O) groups is 2. The minimum absolute atomic E-state index is 0.189. The van der Waals surface area contributed by atoms with Gasteiger partial charge in [0.25, 0.3) is 11.8 Å². The molecular formula is C23H21N3O4.